The van der Waals surface area contributed by atoms with Crippen LogP contribution in [-0.2, 0) is 0 Å². The second-order valence-corrected chi connectivity index (χ2v) is 3.42. The van der Waals surface area contributed by atoms with Gasteiger partial charge in [0.05, 0.1) is 0 Å². The van der Waals surface area contributed by atoms with Gasteiger partial charge in [-0.25, -0.2) is 9.78 Å². The first kappa shape index (κ1) is 10.3. The molecule has 4 nitrogen and oxygen atoms in total. The molecular weight excluding hydrogens is 204 g/mol. The Morgan fingerprint density at radius 3 is 2.56 bits per heavy atom. The van der Waals surface area contributed by atoms with Crippen molar-refractivity contribution >= 4 is 5.97 Å². The van der Waals surface area contributed by atoms with Crippen LogP contribution < -0.4 is 0 Å². The van der Waals surface area contributed by atoms with E-state index in [4.69, 9.17) is 5.11 Å². The average molecular weight is 214 g/mol. The van der Waals surface area contributed by atoms with E-state index in [0.29, 0.717) is 0 Å². The minimum atomic E-state index is -1.02. The van der Waals surface area contributed by atoms with Crippen LogP contribution in [0.3, 0.4) is 0 Å². The number of carbonyl (C=O) groups is 1. The molecule has 2 heterocycles. The molecule has 0 aromatic carbocycles. The van der Waals surface area contributed by atoms with Crippen LogP contribution in [0.2, 0.25) is 0 Å². The number of rotatable bonds is 2. The molecule has 0 saturated carbocycles. The van der Waals surface area contributed by atoms with Crippen molar-refractivity contribution in [3.05, 3.63) is 48.0 Å². The summed E-state index contributed by atoms with van der Waals surface area (Å²) in [6, 6.07) is 7.03. The third kappa shape index (κ3) is 2.06. The fourth-order valence-electron chi connectivity index (χ4n) is 1.42. The highest BCUT2D eigenvalue weighted by Gasteiger charge is 2.04. The van der Waals surface area contributed by atoms with Gasteiger partial charge >= 0.3 is 5.97 Å². The number of aromatic carboxylic acids is 1. The van der Waals surface area contributed by atoms with Gasteiger partial charge in [0, 0.05) is 23.7 Å². The number of carboxylic acids is 1. The fraction of sp³-hybridized carbons (Fsp3) is 0.0833. The lowest BCUT2D eigenvalue weighted by atomic mass is 10.1. The molecule has 0 atom stereocenters. The zero-order valence-electron chi connectivity index (χ0n) is 8.71. The van der Waals surface area contributed by atoms with Gasteiger partial charge in [-0.3, -0.25) is 4.98 Å². The fourth-order valence-corrected chi connectivity index (χ4v) is 1.42. The molecule has 2 rings (SSSR count). The Morgan fingerprint density at radius 2 is 2.00 bits per heavy atom. The van der Waals surface area contributed by atoms with Crippen LogP contribution in [0.1, 0.15) is 16.2 Å². The first-order valence-corrected chi connectivity index (χ1v) is 4.79. The van der Waals surface area contributed by atoms with Gasteiger partial charge in [0.2, 0.25) is 0 Å². The summed E-state index contributed by atoms with van der Waals surface area (Å²) in [4.78, 5) is 18.6. The summed E-state index contributed by atoms with van der Waals surface area (Å²) in [5, 5.41) is 8.72. The molecule has 0 radical (unpaired) electrons. The summed E-state index contributed by atoms with van der Waals surface area (Å²) in [5.41, 5.74) is 2.83. The molecule has 0 aliphatic rings. The molecular formula is C12H10N2O2. The van der Waals surface area contributed by atoms with Crippen LogP contribution in [0.4, 0.5) is 0 Å². The zero-order chi connectivity index (χ0) is 11.5. The van der Waals surface area contributed by atoms with Crippen LogP contribution in [0.15, 0.2) is 36.7 Å². The summed E-state index contributed by atoms with van der Waals surface area (Å²) in [5.74, 6) is -1.02. The molecule has 4 heteroatoms. The summed E-state index contributed by atoms with van der Waals surface area (Å²) in [6.07, 6.45) is 3.27. The van der Waals surface area contributed by atoms with Crippen molar-refractivity contribution in [1.29, 1.82) is 0 Å². The van der Waals surface area contributed by atoms with E-state index in [1.165, 1.54) is 6.07 Å². The molecule has 0 amide bonds. The molecule has 0 saturated heterocycles. The Hall–Kier alpha value is -2.23. The maximum Gasteiger partial charge on any atom is 0.354 e. The van der Waals surface area contributed by atoms with Crippen LogP contribution >= 0.6 is 0 Å². The highest BCUT2D eigenvalue weighted by Crippen LogP contribution is 2.18. The third-order valence-corrected chi connectivity index (χ3v) is 2.21. The standard InChI is InChI=1S/C12H10N2O2/c1-8-6-9(4-5-13-8)10-2-3-11(12(15)16)14-7-10/h2-7H,1H3,(H,15,16). The number of hydrogen-bond acceptors (Lipinski definition) is 3. The van der Waals surface area contributed by atoms with E-state index in [9.17, 15) is 4.79 Å². The number of aromatic nitrogens is 2. The number of pyridine rings is 2. The molecule has 0 spiro atoms. The minimum Gasteiger partial charge on any atom is -0.477 e. The maximum absolute atomic E-state index is 10.6. The molecule has 0 fully saturated rings. The van der Waals surface area contributed by atoms with E-state index < -0.39 is 5.97 Å². The van der Waals surface area contributed by atoms with Crippen molar-refractivity contribution in [3.63, 3.8) is 0 Å². The quantitative estimate of drug-likeness (QED) is 0.831. The predicted molar refractivity (Wildman–Crippen MR) is 59.2 cm³/mol. The van der Waals surface area contributed by atoms with Gasteiger partial charge in [-0.15, -0.1) is 0 Å². The summed E-state index contributed by atoms with van der Waals surface area (Å²) >= 11 is 0. The molecule has 0 aliphatic heterocycles. The SMILES string of the molecule is Cc1cc(-c2ccc(C(=O)O)nc2)ccn1. The van der Waals surface area contributed by atoms with Crippen molar-refractivity contribution in [2.45, 2.75) is 6.92 Å². The van der Waals surface area contributed by atoms with Gasteiger partial charge in [0.25, 0.3) is 0 Å². The summed E-state index contributed by atoms with van der Waals surface area (Å²) in [7, 11) is 0. The van der Waals surface area contributed by atoms with Gasteiger partial charge in [-0.05, 0) is 30.7 Å². The minimum absolute atomic E-state index is 0.0505. The lowest BCUT2D eigenvalue weighted by Crippen LogP contribution is -1.99. The smallest absolute Gasteiger partial charge is 0.354 e. The lowest BCUT2D eigenvalue weighted by molar-refractivity contribution is 0.0690. The van der Waals surface area contributed by atoms with Crippen LogP contribution in [0.5, 0.6) is 0 Å². The van der Waals surface area contributed by atoms with Crippen LogP contribution in [0.25, 0.3) is 11.1 Å². The number of hydrogen-bond donors (Lipinski definition) is 1. The molecule has 2 aromatic heterocycles. The Labute approximate surface area is 92.6 Å². The van der Waals surface area contributed by atoms with E-state index >= 15 is 0 Å². The molecule has 1 N–H and O–H groups in total. The summed E-state index contributed by atoms with van der Waals surface area (Å²) in [6.45, 7) is 1.91. The monoisotopic (exact) mass is 214 g/mol. The van der Waals surface area contributed by atoms with E-state index in [0.717, 1.165) is 16.8 Å². The Morgan fingerprint density at radius 1 is 1.19 bits per heavy atom. The number of carboxylic acid groups (broad SMARTS) is 1. The maximum atomic E-state index is 10.6. The van der Waals surface area contributed by atoms with E-state index in [-0.39, 0.29) is 5.69 Å². The molecule has 0 unspecified atom stereocenters. The molecule has 0 aliphatic carbocycles. The first-order chi connectivity index (χ1) is 7.66. The van der Waals surface area contributed by atoms with Crippen LogP contribution in [-0.4, -0.2) is 21.0 Å². The predicted octanol–water partition coefficient (Wildman–Crippen LogP) is 2.15. The third-order valence-electron chi connectivity index (χ3n) is 2.21. The van der Waals surface area contributed by atoms with Crippen molar-refractivity contribution in [3.8, 4) is 11.1 Å². The first-order valence-electron chi connectivity index (χ1n) is 4.79. The summed E-state index contributed by atoms with van der Waals surface area (Å²) < 4.78 is 0. The van der Waals surface area contributed by atoms with E-state index in [2.05, 4.69) is 9.97 Å². The molecule has 2 aromatic rings. The molecule has 80 valence electrons. The van der Waals surface area contributed by atoms with E-state index in [1.807, 2.05) is 19.1 Å². The van der Waals surface area contributed by atoms with Gasteiger partial charge in [-0.2, -0.15) is 0 Å². The van der Waals surface area contributed by atoms with Crippen molar-refractivity contribution in [2.24, 2.45) is 0 Å². The highest BCUT2D eigenvalue weighted by molar-refractivity contribution is 5.85. The molecule has 0 bridgehead atoms. The Kier molecular flexibility index (Phi) is 2.64. The molecule has 16 heavy (non-hydrogen) atoms. The van der Waals surface area contributed by atoms with Crippen LogP contribution in [0, 0.1) is 6.92 Å². The number of nitrogens with zero attached hydrogens (tertiary/aromatic N) is 2. The normalized spacial score (nSPS) is 10.1. The van der Waals surface area contributed by atoms with Gasteiger partial charge < -0.3 is 5.11 Å². The van der Waals surface area contributed by atoms with Gasteiger partial charge in [0.1, 0.15) is 5.69 Å². The van der Waals surface area contributed by atoms with Crippen molar-refractivity contribution < 1.29 is 9.90 Å². The number of aryl methyl sites for hydroxylation is 1. The zero-order valence-corrected chi connectivity index (χ0v) is 8.71. The highest BCUT2D eigenvalue weighted by atomic mass is 16.4. The van der Waals surface area contributed by atoms with Crippen molar-refractivity contribution in [2.75, 3.05) is 0 Å². The van der Waals surface area contributed by atoms with Crippen molar-refractivity contribution in [1.82, 2.24) is 9.97 Å². The van der Waals surface area contributed by atoms with Gasteiger partial charge in [0.15, 0.2) is 0 Å². The topological polar surface area (TPSA) is 63.1 Å². The largest absolute Gasteiger partial charge is 0.477 e. The Bertz CT molecular complexity index is 521. The Balaban J connectivity index is 2.38. The second-order valence-electron chi connectivity index (χ2n) is 3.42. The van der Waals surface area contributed by atoms with E-state index in [1.54, 1.807) is 18.5 Å². The second kappa shape index (κ2) is 4.10. The van der Waals surface area contributed by atoms with Gasteiger partial charge in [-0.1, -0.05) is 6.07 Å². The average Bonchev–Trinajstić information content (AvgIpc) is 2.29. The lowest BCUT2D eigenvalue weighted by Gasteiger charge is -2.02.